The molecule has 7 heteroatoms. The van der Waals surface area contributed by atoms with Gasteiger partial charge in [-0.15, -0.1) is 5.10 Å². The van der Waals surface area contributed by atoms with Crippen molar-refractivity contribution in [3.63, 3.8) is 0 Å². The molecule has 0 saturated heterocycles. The van der Waals surface area contributed by atoms with E-state index in [-0.39, 0.29) is 11.8 Å². The van der Waals surface area contributed by atoms with E-state index < -0.39 is 0 Å². The van der Waals surface area contributed by atoms with Gasteiger partial charge in [-0.1, -0.05) is 0 Å². The van der Waals surface area contributed by atoms with Gasteiger partial charge in [0.25, 0.3) is 0 Å². The lowest BCUT2D eigenvalue weighted by Crippen LogP contribution is -2.28. The van der Waals surface area contributed by atoms with Crippen molar-refractivity contribution < 1.29 is 4.74 Å². The van der Waals surface area contributed by atoms with Gasteiger partial charge in [0.1, 0.15) is 0 Å². The van der Waals surface area contributed by atoms with E-state index in [1.54, 1.807) is 18.6 Å². The quantitative estimate of drug-likeness (QED) is 0.703. The summed E-state index contributed by atoms with van der Waals surface area (Å²) in [6, 6.07) is 0. The van der Waals surface area contributed by atoms with Crippen molar-refractivity contribution in [2.45, 2.75) is 32.9 Å². The Hall–Kier alpha value is -1.73. The van der Waals surface area contributed by atoms with Crippen LogP contribution in [0.1, 0.15) is 20.3 Å². The third-order valence-electron chi connectivity index (χ3n) is 2.84. The molecule has 7 nitrogen and oxygen atoms in total. The number of fused-ring (bicyclic) bond motifs is 1. The van der Waals surface area contributed by atoms with Gasteiger partial charge >= 0.3 is 5.69 Å². The zero-order valence-corrected chi connectivity index (χ0v) is 12.0. The van der Waals surface area contributed by atoms with E-state index in [9.17, 15) is 4.79 Å². The molecule has 0 atom stereocenters. The van der Waals surface area contributed by atoms with Gasteiger partial charge in [-0.3, -0.25) is 4.98 Å². The fourth-order valence-electron chi connectivity index (χ4n) is 1.85. The van der Waals surface area contributed by atoms with Crippen LogP contribution >= 0.6 is 0 Å². The van der Waals surface area contributed by atoms with Crippen molar-refractivity contribution in [1.29, 1.82) is 0 Å². The molecule has 0 aliphatic rings. The molecule has 1 N–H and O–H groups in total. The summed E-state index contributed by atoms with van der Waals surface area (Å²) >= 11 is 0. The summed E-state index contributed by atoms with van der Waals surface area (Å²) < 4.78 is 8.39. The Kier molecular flexibility index (Phi) is 5.25. The first-order valence-corrected chi connectivity index (χ1v) is 6.90. The predicted octanol–water partition coefficient (Wildman–Crippen LogP) is 0.296. The topological polar surface area (TPSA) is 73.4 Å². The van der Waals surface area contributed by atoms with E-state index in [1.807, 2.05) is 13.8 Å². The van der Waals surface area contributed by atoms with E-state index in [0.717, 1.165) is 19.6 Å². The number of nitrogens with one attached hydrogen (secondary N) is 1. The molecular formula is C13H21N5O2. The Balaban J connectivity index is 1.73. The first kappa shape index (κ1) is 14.7. The Morgan fingerprint density at radius 1 is 1.40 bits per heavy atom. The fraction of sp³-hybridized carbons (Fsp3) is 0.615. The zero-order valence-electron chi connectivity index (χ0n) is 12.0. The highest BCUT2D eigenvalue weighted by molar-refractivity contribution is 5.31. The van der Waals surface area contributed by atoms with E-state index >= 15 is 0 Å². The highest BCUT2D eigenvalue weighted by Crippen LogP contribution is 1.92. The van der Waals surface area contributed by atoms with Gasteiger partial charge in [-0.2, -0.15) is 0 Å². The molecule has 0 aliphatic heterocycles. The SMILES string of the molecule is CC(C)OCCCNCCn1nc2cnccn2c1=O. The molecule has 0 aromatic carbocycles. The van der Waals surface area contributed by atoms with Crippen LogP contribution in [0.5, 0.6) is 0 Å². The summed E-state index contributed by atoms with van der Waals surface area (Å²) in [5.74, 6) is 0. The molecule has 2 aromatic heterocycles. The normalized spacial score (nSPS) is 11.6. The molecule has 0 saturated carbocycles. The van der Waals surface area contributed by atoms with Crippen LogP contribution in [0, 0.1) is 0 Å². The third kappa shape index (κ3) is 3.88. The average molecular weight is 279 g/mol. The van der Waals surface area contributed by atoms with Crippen molar-refractivity contribution in [3.8, 4) is 0 Å². The largest absolute Gasteiger partial charge is 0.379 e. The second-order valence-corrected chi connectivity index (χ2v) is 4.83. The minimum absolute atomic E-state index is 0.132. The van der Waals surface area contributed by atoms with Gasteiger partial charge in [0.2, 0.25) is 0 Å². The molecule has 0 amide bonds. The zero-order chi connectivity index (χ0) is 14.4. The van der Waals surface area contributed by atoms with E-state index in [0.29, 0.717) is 18.7 Å². The molecule has 0 aliphatic carbocycles. The number of rotatable bonds is 8. The highest BCUT2D eigenvalue weighted by Gasteiger charge is 2.05. The van der Waals surface area contributed by atoms with Gasteiger partial charge in [-0.25, -0.2) is 13.9 Å². The van der Waals surface area contributed by atoms with Crippen LogP contribution in [-0.2, 0) is 11.3 Å². The average Bonchev–Trinajstić information content (AvgIpc) is 2.75. The van der Waals surface area contributed by atoms with E-state index in [4.69, 9.17) is 4.74 Å². The summed E-state index contributed by atoms with van der Waals surface area (Å²) in [5.41, 5.74) is 0.440. The Labute approximate surface area is 117 Å². The van der Waals surface area contributed by atoms with Gasteiger partial charge in [0, 0.05) is 25.5 Å². The molecule has 0 spiro atoms. The highest BCUT2D eigenvalue weighted by atomic mass is 16.5. The van der Waals surface area contributed by atoms with Crippen molar-refractivity contribution in [1.82, 2.24) is 24.5 Å². The van der Waals surface area contributed by atoms with Crippen LogP contribution in [0.3, 0.4) is 0 Å². The Morgan fingerprint density at radius 3 is 3.00 bits per heavy atom. The predicted molar refractivity (Wildman–Crippen MR) is 75.8 cm³/mol. The maximum atomic E-state index is 12.0. The lowest BCUT2D eigenvalue weighted by atomic mass is 10.4. The van der Waals surface area contributed by atoms with Crippen molar-refractivity contribution >= 4 is 5.65 Å². The lowest BCUT2D eigenvalue weighted by molar-refractivity contribution is 0.0771. The van der Waals surface area contributed by atoms with Crippen LogP contribution in [0.25, 0.3) is 5.65 Å². The van der Waals surface area contributed by atoms with Crippen molar-refractivity contribution in [3.05, 3.63) is 29.1 Å². The monoisotopic (exact) mass is 279 g/mol. The molecule has 2 heterocycles. The summed E-state index contributed by atoms with van der Waals surface area (Å²) in [4.78, 5) is 15.9. The molecular weight excluding hydrogens is 258 g/mol. The maximum Gasteiger partial charge on any atom is 0.350 e. The lowest BCUT2D eigenvalue weighted by Gasteiger charge is -2.07. The molecule has 0 radical (unpaired) electrons. The molecule has 110 valence electrons. The summed E-state index contributed by atoms with van der Waals surface area (Å²) in [5, 5.41) is 7.48. The molecule has 2 aromatic rings. The first-order chi connectivity index (χ1) is 9.68. The van der Waals surface area contributed by atoms with Crippen LogP contribution in [0.15, 0.2) is 23.4 Å². The minimum Gasteiger partial charge on any atom is -0.379 e. The van der Waals surface area contributed by atoms with E-state index in [1.165, 1.54) is 9.08 Å². The summed E-state index contributed by atoms with van der Waals surface area (Å²) in [6.45, 7) is 6.93. The number of hydrogen-bond donors (Lipinski definition) is 1. The van der Waals surface area contributed by atoms with Crippen LogP contribution in [0.4, 0.5) is 0 Å². The Morgan fingerprint density at radius 2 is 2.25 bits per heavy atom. The standard InChI is InChI=1S/C13H21N5O2/c1-11(2)20-9-3-4-14-6-8-18-13(19)17-7-5-15-10-12(17)16-18/h5,7,10-11,14H,3-4,6,8-9H2,1-2H3. The number of ether oxygens (including phenoxy) is 1. The van der Waals surface area contributed by atoms with Crippen LogP contribution in [0.2, 0.25) is 0 Å². The molecule has 0 bridgehead atoms. The van der Waals surface area contributed by atoms with Gasteiger partial charge < -0.3 is 10.1 Å². The van der Waals surface area contributed by atoms with Crippen LogP contribution < -0.4 is 11.0 Å². The van der Waals surface area contributed by atoms with E-state index in [2.05, 4.69) is 15.4 Å². The Bertz CT molecular complexity index is 590. The van der Waals surface area contributed by atoms with Gasteiger partial charge in [0.05, 0.1) is 18.8 Å². The molecule has 2 rings (SSSR count). The van der Waals surface area contributed by atoms with Crippen molar-refractivity contribution in [2.24, 2.45) is 0 Å². The summed E-state index contributed by atoms with van der Waals surface area (Å²) in [7, 11) is 0. The fourth-order valence-corrected chi connectivity index (χ4v) is 1.85. The van der Waals surface area contributed by atoms with Gasteiger partial charge in [-0.05, 0) is 26.8 Å². The minimum atomic E-state index is -0.132. The summed E-state index contributed by atoms with van der Waals surface area (Å²) in [6.07, 6.45) is 6.02. The number of aromatic nitrogens is 4. The second kappa shape index (κ2) is 7.16. The second-order valence-electron chi connectivity index (χ2n) is 4.83. The van der Waals surface area contributed by atoms with Crippen molar-refractivity contribution in [2.75, 3.05) is 19.7 Å². The molecule has 0 fully saturated rings. The first-order valence-electron chi connectivity index (χ1n) is 6.90. The smallest absolute Gasteiger partial charge is 0.350 e. The number of hydrogen-bond acceptors (Lipinski definition) is 5. The van der Waals surface area contributed by atoms with Gasteiger partial charge in [0.15, 0.2) is 5.65 Å². The van der Waals surface area contributed by atoms with Crippen LogP contribution in [-0.4, -0.2) is 45.0 Å². The third-order valence-corrected chi connectivity index (χ3v) is 2.84. The number of nitrogens with zero attached hydrogens (tertiary/aromatic N) is 4. The molecule has 20 heavy (non-hydrogen) atoms. The molecule has 0 unspecified atom stereocenters. The maximum absolute atomic E-state index is 12.0.